The summed E-state index contributed by atoms with van der Waals surface area (Å²) in [5, 5.41) is 14.5. The standard InChI is InChI=1S/C12H16FN5O/c1-6(15)10(12(17)18-5-14)11(16)7-2-8(13)4-9(19)3-7/h2-6,19H,15-16H2,1H3,(H3,14,17,18)/p+1/t6-/m0/s1. The van der Waals surface area contributed by atoms with E-state index in [1.807, 2.05) is 0 Å². The molecule has 0 spiro atoms. The van der Waals surface area contributed by atoms with Gasteiger partial charge in [0.25, 0.3) is 6.34 Å². The van der Waals surface area contributed by atoms with E-state index in [4.69, 9.17) is 22.6 Å². The minimum absolute atomic E-state index is 0.0405. The van der Waals surface area contributed by atoms with Crippen LogP contribution < -0.4 is 22.6 Å². The molecule has 0 saturated carbocycles. The lowest BCUT2D eigenvalue weighted by Gasteiger charge is -2.13. The van der Waals surface area contributed by atoms with Gasteiger partial charge in [0.15, 0.2) is 0 Å². The molecule has 19 heavy (non-hydrogen) atoms. The summed E-state index contributed by atoms with van der Waals surface area (Å²) >= 11 is 0. The summed E-state index contributed by atoms with van der Waals surface area (Å²) in [6, 6.07) is 2.90. The number of hydrogen-bond donors (Lipinski definition) is 5. The molecule has 0 bridgehead atoms. The molecular weight excluding hydrogens is 249 g/mol. The summed E-state index contributed by atoms with van der Waals surface area (Å²) in [5.41, 5.74) is 18.1. The lowest BCUT2D eigenvalue weighted by atomic mass is 10.0. The Kier molecular flexibility index (Phi) is 4.60. The highest BCUT2D eigenvalue weighted by atomic mass is 19.1. The number of phenols is 1. The van der Waals surface area contributed by atoms with Crippen LogP contribution in [0.2, 0.25) is 0 Å². The van der Waals surface area contributed by atoms with E-state index in [2.05, 4.69) is 4.99 Å². The Morgan fingerprint density at radius 1 is 1.42 bits per heavy atom. The fourth-order valence-electron chi connectivity index (χ4n) is 1.65. The number of nitrogens with zero attached hydrogens (tertiary/aromatic N) is 1. The summed E-state index contributed by atoms with van der Waals surface area (Å²) in [4.78, 5) is 3.71. The van der Waals surface area contributed by atoms with E-state index >= 15 is 0 Å². The van der Waals surface area contributed by atoms with Crippen LogP contribution in [0.25, 0.3) is 5.70 Å². The number of aliphatic imine (C=N–C) groups is 1. The highest BCUT2D eigenvalue weighted by molar-refractivity contribution is 6.06. The van der Waals surface area contributed by atoms with Crippen LogP contribution in [0.1, 0.15) is 12.5 Å². The molecule has 0 aliphatic carbocycles. The smallest absolute Gasteiger partial charge is 0.279 e. The molecule has 0 aliphatic heterocycles. The van der Waals surface area contributed by atoms with Crippen LogP contribution in [0.4, 0.5) is 4.39 Å². The second-order valence-electron chi connectivity index (χ2n) is 3.98. The second kappa shape index (κ2) is 5.96. The van der Waals surface area contributed by atoms with Gasteiger partial charge in [0.1, 0.15) is 11.6 Å². The molecule has 0 amide bonds. The number of hydrogen-bond acceptors (Lipinski definition) is 3. The molecule has 0 fully saturated rings. The van der Waals surface area contributed by atoms with Crippen molar-refractivity contribution >= 4 is 17.9 Å². The van der Waals surface area contributed by atoms with Crippen molar-refractivity contribution in [2.24, 2.45) is 22.2 Å². The van der Waals surface area contributed by atoms with Gasteiger partial charge < -0.3 is 22.3 Å². The summed E-state index contributed by atoms with van der Waals surface area (Å²) in [6.45, 7) is 1.65. The molecule has 0 aliphatic rings. The van der Waals surface area contributed by atoms with Gasteiger partial charge in [-0.3, -0.25) is 5.41 Å². The fourth-order valence-corrected chi connectivity index (χ4v) is 1.65. The average molecular weight is 266 g/mol. The molecule has 102 valence electrons. The van der Waals surface area contributed by atoms with Crippen LogP contribution in [0, 0.1) is 5.82 Å². The number of benzene rings is 1. The number of phenolic OH excluding ortho intramolecular Hbond substituents is 1. The molecular formula is C12H17FN5O+. The molecule has 7 heteroatoms. The van der Waals surface area contributed by atoms with Gasteiger partial charge in [0.2, 0.25) is 5.84 Å². The lowest BCUT2D eigenvalue weighted by Crippen LogP contribution is -2.34. The molecule has 0 aromatic heterocycles. The molecule has 6 nitrogen and oxygen atoms in total. The van der Waals surface area contributed by atoms with Gasteiger partial charge in [-0.1, -0.05) is 0 Å². The summed E-state index contributed by atoms with van der Waals surface area (Å²) in [6.07, 6.45) is 1.01. The Morgan fingerprint density at radius 2 is 2.05 bits per heavy atom. The minimum Gasteiger partial charge on any atom is -0.508 e. The van der Waals surface area contributed by atoms with Crippen LogP contribution in [-0.4, -0.2) is 23.3 Å². The van der Waals surface area contributed by atoms with Crippen LogP contribution in [0.15, 0.2) is 28.8 Å². The molecule has 1 aromatic carbocycles. The molecule has 9 N–H and O–H groups in total. The third kappa shape index (κ3) is 3.52. The van der Waals surface area contributed by atoms with Gasteiger partial charge in [0.05, 0.1) is 5.57 Å². The highest BCUT2D eigenvalue weighted by Gasteiger charge is 2.18. The van der Waals surface area contributed by atoms with Gasteiger partial charge in [0, 0.05) is 23.4 Å². The van der Waals surface area contributed by atoms with E-state index < -0.39 is 11.9 Å². The van der Waals surface area contributed by atoms with Crippen molar-refractivity contribution in [3.8, 4) is 5.75 Å². The topological polar surface area (TPSA) is 136 Å². The largest absolute Gasteiger partial charge is 0.508 e. The van der Waals surface area contributed by atoms with Crippen molar-refractivity contribution in [3.05, 3.63) is 35.2 Å². The zero-order valence-corrected chi connectivity index (χ0v) is 10.5. The zero-order valence-electron chi connectivity index (χ0n) is 10.5. The number of halogens is 1. The van der Waals surface area contributed by atoms with Crippen molar-refractivity contribution in [2.45, 2.75) is 13.0 Å². The molecule has 0 radical (unpaired) electrons. The van der Waals surface area contributed by atoms with E-state index in [9.17, 15) is 9.50 Å². The van der Waals surface area contributed by atoms with Crippen molar-refractivity contribution < 1.29 is 14.9 Å². The first-order valence-corrected chi connectivity index (χ1v) is 5.49. The first kappa shape index (κ1) is 14.7. The van der Waals surface area contributed by atoms with Gasteiger partial charge in [-0.15, -0.1) is 0 Å². The Balaban J connectivity index is 3.45. The summed E-state index contributed by atoms with van der Waals surface area (Å²) < 4.78 is 13.2. The predicted molar refractivity (Wildman–Crippen MR) is 72.4 cm³/mol. The average Bonchev–Trinajstić information content (AvgIpc) is 2.27. The van der Waals surface area contributed by atoms with Gasteiger partial charge >= 0.3 is 0 Å². The van der Waals surface area contributed by atoms with Crippen molar-refractivity contribution in [3.63, 3.8) is 0 Å². The maximum absolute atomic E-state index is 13.2. The molecule has 0 unspecified atom stereocenters. The first-order valence-electron chi connectivity index (χ1n) is 5.49. The van der Waals surface area contributed by atoms with E-state index in [1.54, 1.807) is 6.92 Å². The third-order valence-corrected chi connectivity index (χ3v) is 2.43. The van der Waals surface area contributed by atoms with E-state index in [0.29, 0.717) is 5.57 Å². The third-order valence-electron chi connectivity index (χ3n) is 2.43. The monoisotopic (exact) mass is 266 g/mol. The normalized spacial score (nSPS) is 14.8. The van der Waals surface area contributed by atoms with Crippen LogP contribution in [0.3, 0.4) is 0 Å². The SMILES string of the molecule is C[C@H](N)C(C(N)=NC=[NH2+])=C(N)c1cc(O)cc(F)c1. The molecule has 0 saturated heterocycles. The highest BCUT2D eigenvalue weighted by Crippen LogP contribution is 2.21. The number of aromatic hydroxyl groups is 1. The summed E-state index contributed by atoms with van der Waals surface area (Å²) in [5.74, 6) is -0.829. The number of amidine groups is 1. The van der Waals surface area contributed by atoms with Crippen molar-refractivity contribution in [1.29, 1.82) is 0 Å². The Bertz CT molecular complexity index is 531. The van der Waals surface area contributed by atoms with Crippen molar-refractivity contribution in [2.75, 3.05) is 0 Å². The van der Waals surface area contributed by atoms with Crippen LogP contribution in [-0.2, 0) is 0 Å². The maximum Gasteiger partial charge on any atom is 0.279 e. The quantitative estimate of drug-likeness (QED) is 0.341. The Labute approximate surface area is 109 Å². The van der Waals surface area contributed by atoms with E-state index in [-0.39, 0.29) is 22.8 Å². The summed E-state index contributed by atoms with van der Waals surface area (Å²) in [7, 11) is 0. The Hall–Kier alpha value is -2.41. The van der Waals surface area contributed by atoms with E-state index in [1.165, 1.54) is 6.07 Å². The molecule has 0 heterocycles. The number of rotatable bonds is 4. The lowest BCUT2D eigenvalue weighted by molar-refractivity contribution is -0.106. The van der Waals surface area contributed by atoms with E-state index in [0.717, 1.165) is 18.5 Å². The van der Waals surface area contributed by atoms with Gasteiger partial charge in [-0.05, 0) is 24.0 Å². The molecule has 1 aromatic rings. The fraction of sp³-hybridized carbons (Fsp3) is 0.167. The molecule has 1 atom stereocenters. The van der Waals surface area contributed by atoms with Gasteiger partial charge in [-0.2, -0.15) is 0 Å². The second-order valence-corrected chi connectivity index (χ2v) is 3.98. The van der Waals surface area contributed by atoms with Gasteiger partial charge in [-0.25, -0.2) is 4.39 Å². The number of nitrogens with two attached hydrogens (primary N) is 4. The molecule has 1 rings (SSSR count). The zero-order chi connectivity index (χ0) is 14.6. The van der Waals surface area contributed by atoms with Crippen LogP contribution in [0.5, 0.6) is 5.75 Å². The maximum atomic E-state index is 13.2. The first-order chi connectivity index (χ1) is 8.86. The minimum atomic E-state index is -0.622. The Morgan fingerprint density at radius 3 is 2.53 bits per heavy atom. The van der Waals surface area contributed by atoms with Crippen LogP contribution >= 0.6 is 0 Å². The predicted octanol–water partition coefficient (Wildman–Crippen LogP) is -1.31. The van der Waals surface area contributed by atoms with Crippen molar-refractivity contribution in [1.82, 2.24) is 0 Å².